The van der Waals surface area contributed by atoms with Gasteiger partial charge in [0, 0.05) is 17.7 Å². The lowest BCUT2D eigenvalue weighted by Gasteiger charge is -2.14. The molecule has 3 aromatic rings. The molecular formula is C27H26BrN3O7. The zero-order chi connectivity index (χ0) is 27.5. The van der Waals surface area contributed by atoms with Gasteiger partial charge in [0.2, 0.25) is 0 Å². The van der Waals surface area contributed by atoms with Crippen molar-refractivity contribution in [2.45, 2.75) is 13.5 Å². The Labute approximate surface area is 228 Å². The molecule has 3 aromatic carbocycles. The standard InChI is InChI=1S/C27H26BrN3O7/c1-4-12-37-23-11-8-20(15-24(23)35-3)27(32)30-29-16-19-13-22(28)26(25(14-19)36-5-2)38-17-18-6-9-21(10-7-18)31(33)34/h4,6-11,13-16H,1,5,12,17H2,2-3H3,(H,30,32)/b29-16+. The zero-order valence-electron chi connectivity index (χ0n) is 20.8. The topological polar surface area (TPSA) is 122 Å². The Morgan fingerprint density at radius 1 is 1.08 bits per heavy atom. The SMILES string of the molecule is C=CCOc1ccc(C(=O)N/N=C/c2cc(Br)c(OCc3ccc([N+](=O)[O-])cc3)c(OCC)c2)cc1OC. The number of hydrogen-bond acceptors (Lipinski definition) is 8. The third-order valence-electron chi connectivity index (χ3n) is 5.02. The highest BCUT2D eigenvalue weighted by Crippen LogP contribution is 2.37. The normalized spacial score (nSPS) is 10.6. The molecule has 0 heterocycles. The van der Waals surface area contributed by atoms with E-state index in [1.807, 2.05) is 6.92 Å². The van der Waals surface area contributed by atoms with Crippen LogP contribution in [0, 0.1) is 10.1 Å². The van der Waals surface area contributed by atoms with Gasteiger partial charge in [0.15, 0.2) is 23.0 Å². The summed E-state index contributed by atoms with van der Waals surface area (Å²) in [7, 11) is 1.49. The zero-order valence-corrected chi connectivity index (χ0v) is 22.4. The second-order valence-electron chi connectivity index (χ2n) is 7.64. The lowest BCUT2D eigenvalue weighted by atomic mass is 10.2. The van der Waals surface area contributed by atoms with Crippen LogP contribution in [0.1, 0.15) is 28.4 Å². The third-order valence-corrected chi connectivity index (χ3v) is 5.61. The van der Waals surface area contributed by atoms with Gasteiger partial charge in [-0.3, -0.25) is 14.9 Å². The summed E-state index contributed by atoms with van der Waals surface area (Å²) < 4.78 is 23.1. The van der Waals surface area contributed by atoms with Crippen LogP contribution in [0.15, 0.2) is 76.8 Å². The van der Waals surface area contributed by atoms with Crippen LogP contribution in [0.4, 0.5) is 5.69 Å². The van der Waals surface area contributed by atoms with E-state index < -0.39 is 10.8 Å². The van der Waals surface area contributed by atoms with Gasteiger partial charge in [0.25, 0.3) is 11.6 Å². The lowest BCUT2D eigenvalue weighted by molar-refractivity contribution is -0.384. The number of nitro benzene ring substituents is 1. The number of nitrogens with zero attached hydrogens (tertiary/aromatic N) is 2. The molecule has 0 fully saturated rings. The molecule has 3 rings (SSSR count). The van der Waals surface area contributed by atoms with Gasteiger partial charge in [-0.1, -0.05) is 12.7 Å². The van der Waals surface area contributed by atoms with Gasteiger partial charge in [-0.15, -0.1) is 0 Å². The minimum absolute atomic E-state index is 0.00866. The molecule has 198 valence electrons. The van der Waals surface area contributed by atoms with Gasteiger partial charge >= 0.3 is 0 Å². The molecule has 0 aromatic heterocycles. The second kappa shape index (κ2) is 13.8. The van der Waals surface area contributed by atoms with Crippen LogP contribution in [0.25, 0.3) is 0 Å². The molecule has 1 N–H and O–H groups in total. The molecule has 0 unspecified atom stereocenters. The number of carbonyl (C=O) groups excluding carboxylic acids is 1. The van der Waals surface area contributed by atoms with E-state index in [-0.39, 0.29) is 12.3 Å². The summed E-state index contributed by atoms with van der Waals surface area (Å²) in [6, 6.07) is 14.4. The fourth-order valence-electron chi connectivity index (χ4n) is 3.24. The third kappa shape index (κ3) is 7.56. The van der Waals surface area contributed by atoms with E-state index in [0.29, 0.717) is 51.8 Å². The maximum atomic E-state index is 12.6. The van der Waals surface area contributed by atoms with Gasteiger partial charge in [-0.05, 0) is 76.4 Å². The molecule has 0 bridgehead atoms. The van der Waals surface area contributed by atoms with Crippen LogP contribution in [-0.2, 0) is 6.61 Å². The Morgan fingerprint density at radius 3 is 2.50 bits per heavy atom. The van der Waals surface area contributed by atoms with Crippen LogP contribution >= 0.6 is 15.9 Å². The second-order valence-corrected chi connectivity index (χ2v) is 8.49. The van der Waals surface area contributed by atoms with E-state index in [1.165, 1.54) is 25.5 Å². The smallest absolute Gasteiger partial charge is 0.271 e. The predicted molar refractivity (Wildman–Crippen MR) is 146 cm³/mol. The number of hydrazone groups is 1. The fourth-order valence-corrected chi connectivity index (χ4v) is 3.82. The molecular weight excluding hydrogens is 558 g/mol. The van der Waals surface area contributed by atoms with Crippen LogP contribution in [0.3, 0.4) is 0 Å². The van der Waals surface area contributed by atoms with E-state index in [2.05, 4.69) is 33.0 Å². The first-order chi connectivity index (χ1) is 18.4. The summed E-state index contributed by atoms with van der Waals surface area (Å²) in [6.45, 7) is 6.34. The number of halogens is 1. The number of nitro groups is 1. The molecule has 0 saturated carbocycles. The van der Waals surface area contributed by atoms with Crippen molar-refractivity contribution >= 4 is 33.7 Å². The summed E-state index contributed by atoms with van der Waals surface area (Å²) in [4.78, 5) is 23.0. The molecule has 11 heteroatoms. The average molecular weight is 584 g/mol. The lowest BCUT2D eigenvalue weighted by Crippen LogP contribution is -2.17. The minimum Gasteiger partial charge on any atom is -0.493 e. The van der Waals surface area contributed by atoms with E-state index in [0.717, 1.165) is 5.56 Å². The van der Waals surface area contributed by atoms with Crippen molar-refractivity contribution < 1.29 is 28.7 Å². The highest BCUT2D eigenvalue weighted by molar-refractivity contribution is 9.10. The predicted octanol–water partition coefficient (Wildman–Crippen LogP) is 5.67. The Kier molecular flexibility index (Phi) is 10.2. The first-order valence-corrected chi connectivity index (χ1v) is 12.2. The van der Waals surface area contributed by atoms with Crippen molar-refractivity contribution in [2.75, 3.05) is 20.3 Å². The molecule has 10 nitrogen and oxygen atoms in total. The summed E-state index contributed by atoms with van der Waals surface area (Å²) in [5.74, 6) is 1.42. The number of benzene rings is 3. The van der Waals surface area contributed by atoms with Gasteiger partial charge < -0.3 is 18.9 Å². The summed E-state index contributed by atoms with van der Waals surface area (Å²) in [5, 5.41) is 14.9. The van der Waals surface area contributed by atoms with Crippen molar-refractivity contribution in [1.29, 1.82) is 0 Å². The highest BCUT2D eigenvalue weighted by atomic mass is 79.9. The summed E-state index contributed by atoms with van der Waals surface area (Å²) in [5.41, 5.74) is 4.25. The maximum Gasteiger partial charge on any atom is 0.271 e. The molecule has 0 aliphatic heterocycles. The van der Waals surface area contributed by atoms with E-state index in [9.17, 15) is 14.9 Å². The molecule has 0 aliphatic carbocycles. The van der Waals surface area contributed by atoms with Crippen LogP contribution in [-0.4, -0.2) is 37.4 Å². The summed E-state index contributed by atoms with van der Waals surface area (Å²) in [6.07, 6.45) is 3.09. The summed E-state index contributed by atoms with van der Waals surface area (Å²) >= 11 is 3.50. The van der Waals surface area contributed by atoms with Gasteiger partial charge in [-0.2, -0.15) is 5.10 Å². The van der Waals surface area contributed by atoms with Crippen molar-refractivity contribution in [2.24, 2.45) is 5.10 Å². The Balaban J connectivity index is 1.69. The van der Waals surface area contributed by atoms with Crippen LogP contribution < -0.4 is 24.4 Å². The number of rotatable bonds is 13. The van der Waals surface area contributed by atoms with Gasteiger partial charge in [0.05, 0.1) is 29.3 Å². The minimum atomic E-state index is -0.454. The van der Waals surface area contributed by atoms with Crippen molar-refractivity contribution in [1.82, 2.24) is 5.43 Å². The van der Waals surface area contributed by atoms with Crippen LogP contribution in [0.2, 0.25) is 0 Å². The van der Waals surface area contributed by atoms with Crippen LogP contribution in [0.5, 0.6) is 23.0 Å². The highest BCUT2D eigenvalue weighted by Gasteiger charge is 2.14. The molecule has 0 atom stereocenters. The fraction of sp³-hybridized carbons (Fsp3) is 0.185. The molecule has 1 amide bonds. The van der Waals surface area contributed by atoms with Crippen molar-refractivity contribution in [3.63, 3.8) is 0 Å². The van der Waals surface area contributed by atoms with E-state index in [4.69, 9.17) is 18.9 Å². The molecule has 0 saturated heterocycles. The van der Waals surface area contributed by atoms with Crippen molar-refractivity contribution in [3.8, 4) is 23.0 Å². The Hall–Kier alpha value is -4.38. The van der Waals surface area contributed by atoms with E-state index in [1.54, 1.807) is 48.5 Å². The van der Waals surface area contributed by atoms with Gasteiger partial charge in [-0.25, -0.2) is 5.43 Å². The number of amides is 1. The molecule has 0 radical (unpaired) electrons. The number of nitrogens with one attached hydrogen (secondary N) is 1. The first-order valence-electron chi connectivity index (χ1n) is 11.4. The number of hydrogen-bond donors (Lipinski definition) is 1. The monoisotopic (exact) mass is 583 g/mol. The Bertz CT molecular complexity index is 1330. The molecule has 0 spiro atoms. The average Bonchev–Trinajstić information content (AvgIpc) is 2.91. The number of ether oxygens (including phenoxy) is 4. The largest absolute Gasteiger partial charge is 0.493 e. The first kappa shape index (κ1) is 28.2. The quantitative estimate of drug-likeness (QED) is 0.119. The Morgan fingerprint density at radius 2 is 1.84 bits per heavy atom. The van der Waals surface area contributed by atoms with Crippen molar-refractivity contribution in [3.05, 3.63) is 98.5 Å². The van der Waals surface area contributed by atoms with Gasteiger partial charge in [0.1, 0.15) is 13.2 Å². The molecule has 38 heavy (non-hydrogen) atoms. The van der Waals surface area contributed by atoms with E-state index >= 15 is 0 Å². The number of methoxy groups -OCH3 is 1. The number of carbonyl (C=O) groups is 1. The number of non-ortho nitro benzene ring substituents is 1. The molecule has 0 aliphatic rings. The maximum absolute atomic E-state index is 12.6.